The van der Waals surface area contributed by atoms with Crippen LogP contribution in [-0.2, 0) is 11.3 Å². The smallest absolute Gasteiger partial charge is 0.267 e. The number of amides is 1. The molecule has 0 spiro atoms. The van der Waals surface area contributed by atoms with Crippen molar-refractivity contribution in [3.8, 4) is 22.8 Å². The Bertz CT molecular complexity index is 1150. The van der Waals surface area contributed by atoms with Crippen molar-refractivity contribution < 1.29 is 18.8 Å². The molecule has 9 nitrogen and oxygen atoms in total. The summed E-state index contributed by atoms with van der Waals surface area (Å²) in [6, 6.07) is 8.33. The van der Waals surface area contributed by atoms with E-state index in [1.165, 1.54) is 6.07 Å². The highest BCUT2D eigenvalue weighted by Gasteiger charge is 2.19. The van der Waals surface area contributed by atoms with Gasteiger partial charge >= 0.3 is 0 Å². The molecule has 9 heteroatoms. The SMILES string of the molecule is Cc1cc(-c2cc(=O)n(CC(=O)Nc3ccc4c(c3)OCCO4)nc2C(C)C)on1. The van der Waals surface area contributed by atoms with Crippen molar-refractivity contribution in [1.29, 1.82) is 0 Å². The first-order valence-electron chi connectivity index (χ1n) is 9.66. The van der Waals surface area contributed by atoms with Crippen LogP contribution >= 0.6 is 0 Å². The summed E-state index contributed by atoms with van der Waals surface area (Å²) in [5, 5.41) is 11.1. The van der Waals surface area contributed by atoms with Crippen molar-refractivity contribution in [2.75, 3.05) is 18.5 Å². The number of anilines is 1. The minimum absolute atomic E-state index is 0.0121. The van der Waals surface area contributed by atoms with Gasteiger partial charge in [0.05, 0.1) is 11.4 Å². The standard InChI is InChI=1S/C21H22N4O5/c1-12(2)21-15(17-8-13(3)24-30-17)10-20(27)25(23-21)11-19(26)22-14-4-5-16-18(9-14)29-7-6-28-16/h4-5,8-10,12H,6-7,11H2,1-3H3,(H,22,26). The fraction of sp³-hybridized carbons (Fsp3) is 0.333. The third-order valence-corrected chi connectivity index (χ3v) is 4.59. The Morgan fingerprint density at radius 2 is 1.93 bits per heavy atom. The van der Waals surface area contributed by atoms with Crippen LogP contribution in [0.1, 0.15) is 31.2 Å². The van der Waals surface area contributed by atoms with Crippen LogP contribution in [0.4, 0.5) is 5.69 Å². The summed E-state index contributed by atoms with van der Waals surface area (Å²) < 4.78 is 17.4. The first-order chi connectivity index (χ1) is 14.4. The second kappa shape index (κ2) is 8.02. The molecule has 0 radical (unpaired) electrons. The summed E-state index contributed by atoms with van der Waals surface area (Å²) in [4.78, 5) is 25.1. The van der Waals surface area contributed by atoms with Gasteiger partial charge in [-0.25, -0.2) is 4.68 Å². The molecule has 0 atom stereocenters. The molecule has 0 bridgehead atoms. The molecule has 1 N–H and O–H groups in total. The highest BCUT2D eigenvalue weighted by molar-refractivity contribution is 5.90. The van der Waals surface area contributed by atoms with Gasteiger partial charge in [-0.1, -0.05) is 19.0 Å². The first kappa shape index (κ1) is 19.7. The molecule has 4 rings (SSSR count). The zero-order chi connectivity index (χ0) is 21.3. The lowest BCUT2D eigenvalue weighted by Gasteiger charge is -2.19. The van der Waals surface area contributed by atoms with Gasteiger partial charge in [0.2, 0.25) is 5.91 Å². The predicted octanol–water partition coefficient (Wildman–Crippen LogP) is 2.74. The highest BCUT2D eigenvalue weighted by atomic mass is 16.6. The van der Waals surface area contributed by atoms with Crippen molar-refractivity contribution in [3.05, 3.63) is 52.1 Å². The topological polar surface area (TPSA) is 108 Å². The number of rotatable bonds is 5. The maximum absolute atomic E-state index is 12.6. The molecule has 30 heavy (non-hydrogen) atoms. The van der Waals surface area contributed by atoms with E-state index in [-0.39, 0.29) is 18.4 Å². The van der Waals surface area contributed by atoms with Gasteiger partial charge in [-0.2, -0.15) is 5.10 Å². The minimum Gasteiger partial charge on any atom is -0.486 e. The van der Waals surface area contributed by atoms with Crippen molar-refractivity contribution in [1.82, 2.24) is 14.9 Å². The number of aryl methyl sites for hydroxylation is 1. The number of fused-ring (bicyclic) bond motifs is 1. The summed E-state index contributed by atoms with van der Waals surface area (Å²) in [5.74, 6) is 1.33. The molecule has 1 aromatic carbocycles. The summed E-state index contributed by atoms with van der Waals surface area (Å²) >= 11 is 0. The molecule has 0 saturated carbocycles. The Balaban J connectivity index is 1.56. The van der Waals surface area contributed by atoms with E-state index in [2.05, 4.69) is 15.6 Å². The number of carbonyl (C=O) groups excluding carboxylic acids is 1. The van der Waals surface area contributed by atoms with E-state index in [0.29, 0.717) is 53.1 Å². The summed E-state index contributed by atoms with van der Waals surface area (Å²) in [6.07, 6.45) is 0. The van der Waals surface area contributed by atoms with E-state index in [9.17, 15) is 9.59 Å². The van der Waals surface area contributed by atoms with Crippen LogP contribution in [0.5, 0.6) is 11.5 Å². The fourth-order valence-electron chi connectivity index (χ4n) is 3.19. The van der Waals surface area contributed by atoms with Crippen LogP contribution in [0.25, 0.3) is 11.3 Å². The maximum atomic E-state index is 12.6. The molecule has 3 heterocycles. The summed E-state index contributed by atoms with van der Waals surface area (Å²) in [7, 11) is 0. The molecule has 0 unspecified atom stereocenters. The second-order valence-electron chi connectivity index (χ2n) is 7.33. The van der Waals surface area contributed by atoms with Crippen LogP contribution in [0.15, 0.2) is 39.6 Å². The Kier molecular flexibility index (Phi) is 5.26. The second-order valence-corrected chi connectivity index (χ2v) is 7.33. The molecular formula is C21H22N4O5. The molecule has 0 fully saturated rings. The van der Waals surface area contributed by atoms with Crippen molar-refractivity contribution >= 4 is 11.6 Å². The largest absolute Gasteiger partial charge is 0.486 e. The Morgan fingerprint density at radius 3 is 2.63 bits per heavy atom. The van der Waals surface area contributed by atoms with Crippen LogP contribution in [0.3, 0.4) is 0 Å². The molecule has 3 aromatic rings. The van der Waals surface area contributed by atoms with Crippen LogP contribution in [0, 0.1) is 6.92 Å². The maximum Gasteiger partial charge on any atom is 0.267 e. The third-order valence-electron chi connectivity index (χ3n) is 4.59. The molecule has 1 amide bonds. The molecular weight excluding hydrogens is 388 g/mol. The number of benzene rings is 1. The lowest BCUT2D eigenvalue weighted by Crippen LogP contribution is -2.30. The number of hydrogen-bond acceptors (Lipinski definition) is 7. The lowest BCUT2D eigenvalue weighted by molar-refractivity contribution is -0.117. The summed E-state index contributed by atoms with van der Waals surface area (Å²) in [5.41, 5.74) is 2.09. The van der Waals surface area contributed by atoms with Gasteiger partial charge < -0.3 is 19.3 Å². The van der Waals surface area contributed by atoms with E-state index < -0.39 is 5.56 Å². The molecule has 0 aliphatic carbocycles. The van der Waals surface area contributed by atoms with Crippen LogP contribution in [0.2, 0.25) is 0 Å². The molecule has 1 aliphatic heterocycles. The van der Waals surface area contributed by atoms with E-state index >= 15 is 0 Å². The molecule has 0 saturated heterocycles. The van der Waals surface area contributed by atoms with E-state index in [1.54, 1.807) is 31.2 Å². The zero-order valence-corrected chi connectivity index (χ0v) is 17.0. The lowest BCUT2D eigenvalue weighted by atomic mass is 10.0. The molecule has 1 aliphatic rings. The summed E-state index contributed by atoms with van der Waals surface area (Å²) in [6.45, 7) is 6.45. The number of ether oxygens (including phenoxy) is 2. The third kappa shape index (κ3) is 4.05. The number of hydrogen-bond donors (Lipinski definition) is 1. The quantitative estimate of drug-likeness (QED) is 0.689. The van der Waals surface area contributed by atoms with Gasteiger partial charge in [0, 0.05) is 29.4 Å². The molecule has 156 valence electrons. The van der Waals surface area contributed by atoms with Gasteiger partial charge in [-0.15, -0.1) is 0 Å². The Hall–Kier alpha value is -3.62. The van der Waals surface area contributed by atoms with Crippen molar-refractivity contribution in [2.24, 2.45) is 0 Å². The van der Waals surface area contributed by atoms with Gasteiger partial charge in [-0.05, 0) is 25.0 Å². The van der Waals surface area contributed by atoms with Crippen LogP contribution < -0.4 is 20.3 Å². The number of aromatic nitrogens is 3. The van der Waals surface area contributed by atoms with Crippen molar-refractivity contribution in [2.45, 2.75) is 33.2 Å². The van der Waals surface area contributed by atoms with Gasteiger partial charge in [0.1, 0.15) is 19.8 Å². The first-order valence-corrected chi connectivity index (χ1v) is 9.66. The minimum atomic E-state index is -0.402. The number of nitrogens with one attached hydrogen (secondary N) is 1. The predicted molar refractivity (Wildman–Crippen MR) is 109 cm³/mol. The number of nitrogens with zero attached hydrogens (tertiary/aromatic N) is 3. The van der Waals surface area contributed by atoms with Gasteiger partial charge in [0.15, 0.2) is 17.3 Å². The highest BCUT2D eigenvalue weighted by Crippen LogP contribution is 2.32. The zero-order valence-electron chi connectivity index (χ0n) is 17.0. The number of carbonyl (C=O) groups is 1. The van der Waals surface area contributed by atoms with E-state index in [1.807, 2.05) is 13.8 Å². The average Bonchev–Trinajstić information content (AvgIpc) is 3.15. The van der Waals surface area contributed by atoms with Gasteiger partial charge in [0.25, 0.3) is 5.56 Å². The van der Waals surface area contributed by atoms with E-state index in [0.717, 1.165) is 4.68 Å². The van der Waals surface area contributed by atoms with E-state index in [4.69, 9.17) is 14.0 Å². The normalized spacial score (nSPS) is 12.8. The van der Waals surface area contributed by atoms with Crippen LogP contribution in [-0.4, -0.2) is 34.1 Å². The Morgan fingerprint density at radius 1 is 1.17 bits per heavy atom. The Labute approximate surface area is 172 Å². The molecule has 2 aromatic heterocycles. The van der Waals surface area contributed by atoms with Crippen molar-refractivity contribution in [3.63, 3.8) is 0 Å². The fourth-order valence-corrected chi connectivity index (χ4v) is 3.19. The van der Waals surface area contributed by atoms with Gasteiger partial charge in [-0.3, -0.25) is 9.59 Å². The monoisotopic (exact) mass is 410 g/mol. The average molecular weight is 410 g/mol.